The zero-order chi connectivity index (χ0) is 19.3. The van der Waals surface area contributed by atoms with Crippen molar-refractivity contribution in [3.05, 3.63) is 59.9 Å². The average molecular weight is 395 g/mol. The molecule has 1 amide bonds. The second-order valence-corrected chi connectivity index (χ2v) is 7.66. The van der Waals surface area contributed by atoms with Crippen molar-refractivity contribution in [3.63, 3.8) is 0 Å². The Morgan fingerprint density at radius 3 is 2.64 bits per heavy atom. The van der Waals surface area contributed by atoms with E-state index in [-0.39, 0.29) is 11.9 Å². The number of carbonyl (C=O) groups excluding carboxylic acids is 1. The molecule has 0 spiro atoms. The second-order valence-electron chi connectivity index (χ2n) is 6.77. The first-order valence-electron chi connectivity index (χ1n) is 9.21. The van der Waals surface area contributed by atoms with E-state index < -0.39 is 0 Å². The van der Waals surface area contributed by atoms with E-state index in [0.29, 0.717) is 11.6 Å². The van der Waals surface area contributed by atoms with Gasteiger partial charge >= 0.3 is 0 Å². The van der Waals surface area contributed by atoms with E-state index in [4.69, 9.17) is 0 Å². The molecule has 1 unspecified atom stereocenters. The third-order valence-corrected chi connectivity index (χ3v) is 5.60. The fourth-order valence-electron chi connectivity index (χ4n) is 3.31. The number of carbonyl (C=O) groups is 1. The van der Waals surface area contributed by atoms with Gasteiger partial charge in [0.2, 0.25) is 5.91 Å². The summed E-state index contributed by atoms with van der Waals surface area (Å²) >= 11 is 1.47. The first-order valence-corrected chi connectivity index (χ1v) is 10.1. The van der Waals surface area contributed by atoms with Gasteiger partial charge in [-0.15, -0.1) is 11.3 Å². The van der Waals surface area contributed by atoms with Crippen LogP contribution in [0.1, 0.15) is 11.6 Å². The summed E-state index contributed by atoms with van der Waals surface area (Å²) in [6.07, 6.45) is 3.38. The molecule has 0 bridgehead atoms. The topological polar surface area (TPSA) is 74.2 Å². The van der Waals surface area contributed by atoms with Gasteiger partial charge in [0.15, 0.2) is 5.82 Å². The normalized spacial score (nSPS) is 16.6. The molecule has 8 heteroatoms. The molecule has 144 valence electrons. The van der Waals surface area contributed by atoms with Crippen molar-refractivity contribution >= 4 is 23.1 Å². The smallest absolute Gasteiger partial charge is 0.247 e. The van der Waals surface area contributed by atoms with Crippen molar-refractivity contribution in [2.75, 3.05) is 38.5 Å². The van der Waals surface area contributed by atoms with Gasteiger partial charge in [0.05, 0.1) is 10.4 Å². The molecule has 3 heterocycles. The number of hydrogen-bond donors (Lipinski definition) is 1. The lowest BCUT2D eigenvalue weighted by Crippen LogP contribution is -2.48. The minimum atomic E-state index is -0.350. The van der Waals surface area contributed by atoms with Crippen molar-refractivity contribution in [3.8, 4) is 10.7 Å². The molecule has 7 nitrogen and oxygen atoms in total. The summed E-state index contributed by atoms with van der Waals surface area (Å²) < 4.78 is 0. The molecule has 2 aromatic heterocycles. The highest BCUT2D eigenvalue weighted by Gasteiger charge is 2.30. The van der Waals surface area contributed by atoms with Gasteiger partial charge in [-0.05, 0) is 18.7 Å². The van der Waals surface area contributed by atoms with Crippen molar-refractivity contribution in [2.24, 2.45) is 0 Å². The summed E-state index contributed by atoms with van der Waals surface area (Å²) in [5.41, 5.74) is 2.73. The zero-order valence-corrected chi connectivity index (χ0v) is 16.5. The highest BCUT2D eigenvalue weighted by atomic mass is 32.1. The minimum Gasteiger partial charge on any atom is -0.309 e. The quantitative estimate of drug-likeness (QED) is 0.717. The Morgan fingerprint density at radius 2 is 1.93 bits per heavy atom. The lowest BCUT2D eigenvalue weighted by atomic mass is 10.0. The highest BCUT2D eigenvalue weighted by molar-refractivity contribution is 7.13. The predicted molar refractivity (Wildman–Crippen MR) is 110 cm³/mol. The van der Waals surface area contributed by atoms with Crippen molar-refractivity contribution in [2.45, 2.75) is 6.04 Å². The Labute approximate surface area is 168 Å². The molecular weight excluding hydrogens is 372 g/mol. The third-order valence-electron chi connectivity index (χ3n) is 4.83. The Morgan fingerprint density at radius 1 is 1.14 bits per heavy atom. The number of thiazole rings is 1. The fourth-order valence-corrected chi connectivity index (χ4v) is 3.87. The molecule has 1 fully saturated rings. The van der Waals surface area contributed by atoms with Crippen LogP contribution >= 0.6 is 11.3 Å². The molecule has 0 aliphatic carbocycles. The van der Waals surface area contributed by atoms with Gasteiger partial charge in [0, 0.05) is 38.6 Å². The van der Waals surface area contributed by atoms with Crippen LogP contribution in [0.4, 0.5) is 5.82 Å². The maximum absolute atomic E-state index is 13.3. The highest BCUT2D eigenvalue weighted by Crippen LogP contribution is 2.25. The number of benzene rings is 1. The van der Waals surface area contributed by atoms with E-state index >= 15 is 0 Å². The van der Waals surface area contributed by atoms with E-state index in [2.05, 4.69) is 37.1 Å². The molecule has 1 aromatic carbocycles. The molecule has 1 atom stereocenters. The van der Waals surface area contributed by atoms with Crippen LogP contribution in [-0.2, 0) is 4.79 Å². The van der Waals surface area contributed by atoms with Crippen molar-refractivity contribution < 1.29 is 4.79 Å². The third kappa shape index (κ3) is 4.24. The second kappa shape index (κ2) is 8.55. The number of nitrogens with zero attached hydrogens (tertiary/aromatic N) is 5. The Bertz CT molecular complexity index is 909. The molecule has 3 aromatic rings. The maximum Gasteiger partial charge on any atom is 0.247 e. The molecule has 0 radical (unpaired) electrons. The monoisotopic (exact) mass is 394 g/mol. The van der Waals surface area contributed by atoms with Gasteiger partial charge in [-0.2, -0.15) is 0 Å². The largest absolute Gasteiger partial charge is 0.309 e. The van der Waals surface area contributed by atoms with Crippen LogP contribution in [0.3, 0.4) is 0 Å². The van der Waals surface area contributed by atoms with Crippen molar-refractivity contribution in [1.82, 2.24) is 24.8 Å². The average Bonchev–Trinajstić information content (AvgIpc) is 3.26. The summed E-state index contributed by atoms with van der Waals surface area (Å²) in [6.45, 7) is 3.58. The zero-order valence-electron chi connectivity index (χ0n) is 15.7. The number of anilines is 1. The van der Waals surface area contributed by atoms with E-state index in [1.807, 2.05) is 30.3 Å². The van der Waals surface area contributed by atoms with Gasteiger partial charge in [0.25, 0.3) is 0 Å². The van der Waals surface area contributed by atoms with Gasteiger partial charge in [0.1, 0.15) is 11.9 Å². The number of likely N-dealkylation sites (N-methyl/N-ethyl adjacent to an activating group) is 1. The van der Waals surface area contributed by atoms with Gasteiger partial charge in [-0.1, -0.05) is 30.3 Å². The Hall–Kier alpha value is -2.68. The van der Waals surface area contributed by atoms with Crippen LogP contribution in [0.2, 0.25) is 0 Å². The molecule has 4 rings (SSSR count). The molecule has 1 saturated heterocycles. The summed E-state index contributed by atoms with van der Waals surface area (Å²) in [5, 5.41) is 2.99. The van der Waals surface area contributed by atoms with Crippen LogP contribution in [0.25, 0.3) is 10.7 Å². The van der Waals surface area contributed by atoms with Gasteiger partial charge < -0.3 is 10.2 Å². The van der Waals surface area contributed by atoms with Crippen LogP contribution in [0.15, 0.2) is 54.3 Å². The molecule has 1 aliphatic rings. The molecular formula is C20H22N6OS. The molecule has 0 saturated carbocycles. The lowest BCUT2D eigenvalue weighted by molar-refractivity contribution is -0.122. The Kier molecular flexibility index (Phi) is 5.70. The van der Waals surface area contributed by atoms with Crippen LogP contribution in [-0.4, -0.2) is 63.9 Å². The van der Waals surface area contributed by atoms with E-state index in [1.165, 1.54) is 11.3 Å². The van der Waals surface area contributed by atoms with Crippen LogP contribution < -0.4 is 5.32 Å². The number of nitrogens with one attached hydrogen (secondary N) is 1. The molecule has 1 aliphatic heterocycles. The fraction of sp³-hybridized carbons (Fsp3) is 0.300. The SMILES string of the molecule is CN1CCN(C(C(=O)Nc2ccnc(-c3cncs3)n2)c2ccccc2)CC1. The lowest BCUT2D eigenvalue weighted by Gasteiger charge is -2.37. The van der Waals surface area contributed by atoms with Gasteiger partial charge in [-0.25, -0.2) is 9.97 Å². The molecule has 1 N–H and O–H groups in total. The number of piperazine rings is 1. The molecule has 28 heavy (non-hydrogen) atoms. The maximum atomic E-state index is 13.3. The number of hydrogen-bond acceptors (Lipinski definition) is 7. The van der Waals surface area contributed by atoms with E-state index in [9.17, 15) is 4.79 Å². The number of aromatic nitrogens is 3. The first kappa shape index (κ1) is 18.7. The van der Waals surface area contributed by atoms with E-state index in [0.717, 1.165) is 36.6 Å². The summed E-state index contributed by atoms with van der Waals surface area (Å²) in [5.74, 6) is 0.985. The first-order chi connectivity index (χ1) is 13.7. The predicted octanol–water partition coefficient (Wildman–Crippen LogP) is 2.53. The van der Waals surface area contributed by atoms with Crippen LogP contribution in [0, 0.1) is 0 Å². The van der Waals surface area contributed by atoms with E-state index in [1.54, 1.807) is 24.0 Å². The summed E-state index contributed by atoms with van der Waals surface area (Å²) in [6, 6.07) is 11.3. The Balaban J connectivity index is 1.57. The van der Waals surface area contributed by atoms with Crippen molar-refractivity contribution in [1.29, 1.82) is 0 Å². The van der Waals surface area contributed by atoms with Gasteiger partial charge in [-0.3, -0.25) is 14.7 Å². The number of rotatable bonds is 5. The standard InChI is InChI=1S/C20H22N6OS/c1-25-9-11-26(12-10-25)18(15-5-3-2-4-6-15)20(27)24-17-7-8-22-19(23-17)16-13-21-14-28-16/h2-8,13-14,18H,9-12H2,1H3,(H,22,23,24,27). The number of amides is 1. The minimum absolute atomic E-state index is 0.0790. The van der Waals surface area contributed by atoms with Crippen LogP contribution in [0.5, 0.6) is 0 Å². The summed E-state index contributed by atoms with van der Waals surface area (Å²) in [7, 11) is 2.11. The summed E-state index contributed by atoms with van der Waals surface area (Å²) in [4.78, 5) is 31.5.